The van der Waals surface area contributed by atoms with Gasteiger partial charge in [-0.25, -0.2) is 0 Å². The fourth-order valence-electron chi connectivity index (χ4n) is 2.10. The van der Waals surface area contributed by atoms with Gasteiger partial charge in [0.1, 0.15) is 6.04 Å². The molecule has 2 aliphatic rings. The summed E-state index contributed by atoms with van der Waals surface area (Å²) < 4.78 is 10.0. The average Bonchev–Trinajstić information content (AvgIpc) is 2.99. The molecule has 0 bridgehead atoms. The summed E-state index contributed by atoms with van der Waals surface area (Å²) in [6.07, 6.45) is 4.69. The Balaban J connectivity index is 1.78. The molecule has 2 rings (SSSR count). The van der Waals surface area contributed by atoms with Gasteiger partial charge < -0.3 is 14.8 Å². The van der Waals surface area contributed by atoms with E-state index in [9.17, 15) is 4.79 Å². The molecule has 2 saturated carbocycles. The number of hydrogen-bond donors (Lipinski definition) is 1. The van der Waals surface area contributed by atoms with Crippen LogP contribution in [0.2, 0.25) is 0 Å². The van der Waals surface area contributed by atoms with Gasteiger partial charge in [0, 0.05) is 13.2 Å². The Bertz CT molecular complexity index is 234. The summed E-state index contributed by atoms with van der Waals surface area (Å²) in [6, 6.07) is 0.345. The number of nitrogens with one attached hydrogen (secondary N) is 1. The normalized spacial score (nSPS) is 31.9. The Morgan fingerprint density at radius 2 is 2.00 bits per heavy atom. The van der Waals surface area contributed by atoms with E-state index in [0.717, 1.165) is 25.7 Å². The highest BCUT2D eigenvalue weighted by atomic mass is 16.5. The number of esters is 1. The van der Waals surface area contributed by atoms with Crippen LogP contribution in [0.25, 0.3) is 0 Å². The van der Waals surface area contributed by atoms with Crippen LogP contribution in [-0.2, 0) is 14.3 Å². The van der Waals surface area contributed by atoms with Crippen LogP contribution in [0.15, 0.2) is 0 Å². The zero-order chi connectivity index (χ0) is 10.8. The summed E-state index contributed by atoms with van der Waals surface area (Å²) in [6.45, 7) is 0. The molecule has 0 spiro atoms. The predicted molar refractivity (Wildman–Crippen MR) is 55.5 cm³/mol. The number of carbonyl (C=O) groups is 1. The molecule has 0 saturated heterocycles. The molecule has 2 fully saturated rings. The van der Waals surface area contributed by atoms with Gasteiger partial charge in [0.15, 0.2) is 0 Å². The fourth-order valence-corrected chi connectivity index (χ4v) is 2.10. The molecule has 1 atom stereocenters. The van der Waals surface area contributed by atoms with Crippen LogP contribution in [-0.4, -0.2) is 38.4 Å². The van der Waals surface area contributed by atoms with Gasteiger partial charge in [0.2, 0.25) is 0 Å². The van der Waals surface area contributed by atoms with Crippen LogP contribution >= 0.6 is 0 Å². The third-order valence-corrected chi connectivity index (χ3v) is 3.39. The Morgan fingerprint density at radius 3 is 2.47 bits per heavy atom. The SMILES string of the molecule is COC(=O)C(NC1CC(OC)C1)C1CC1. The highest BCUT2D eigenvalue weighted by Crippen LogP contribution is 2.34. The Kier molecular flexibility index (Phi) is 3.26. The van der Waals surface area contributed by atoms with E-state index in [1.165, 1.54) is 7.11 Å². The predicted octanol–water partition coefficient (Wildman–Crippen LogP) is 0.705. The van der Waals surface area contributed by atoms with Crippen LogP contribution in [0, 0.1) is 5.92 Å². The maximum absolute atomic E-state index is 11.5. The van der Waals surface area contributed by atoms with Crippen LogP contribution in [0.4, 0.5) is 0 Å². The lowest BCUT2D eigenvalue weighted by atomic mass is 9.88. The summed E-state index contributed by atoms with van der Waals surface area (Å²) in [5.41, 5.74) is 0. The summed E-state index contributed by atoms with van der Waals surface area (Å²) >= 11 is 0. The molecule has 4 nitrogen and oxygen atoms in total. The number of methoxy groups -OCH3 is 2. The molecule has 0 aromatic carbocycles. The molecule has 0 aromatic rings. The first-order valence-corrected chi connectivity index (χ1v) is 5.61. The van der Waals surface area contributed by atoms with E-state index < -0.39 is 0 Å². The van der Waals surface area contributed by atoms with E-state index in [1.54, 1.807) is 7.11 Å². The van der Waals surface area contributed by atoms with Crippen molar-refractivity contribution < 1.29 is 14.3 Å². The molecule has 86 valence electrons. The van der Waals surface area contributed by atoms with Gasteiger partial charge in [0.05, 0.1) is 13.2 Å². The Hall–Kier alpha value is -0.610. The van der Waals surface area contributed by atoms with Crippen LogP contribution in [0.5, 0.6) is 0 Å². The number of hydrogen-bond acceptors (Lipinski definition) is 4. The zero-order valence-electron chi connectivity index (χ0n) is 9.36. The van der Waals surface area contributed by atoms with Crippen molar-refractivity contribution in [1.82, 2.24) is 5.32 Å². The number of ether oxygens (including phenoxy) is 2. The second-order valence-electron chi connectivity index (χ2n) is 4.53. The van der Waals surface area contributed by atoms with Gasteiger partial charge in [-0.2, -0.15) is 0 Å². The van der Waals surface area contributed by atoms with Crippen LogP contribution < -0.4 is 5.32 Å². The van der Waals surface area contributed by atoms with Gasteiger partial charge in [-0.3, -0.25) is 4.79 Å². The summed E-state index contributed by atoms with van der Waals surface area (Å²) in [4.78, 5) is 11.5. The molecule has 1 unspecified atom stereocenters. The second kappa shape index (κ2) is 4.49. The molecule has 0 aliphatic heterocycles. The molecule has 15 heavy (non-hydrogen) atoms. The molecule has 0 heterocycles. The zero-order valence-corrected chi connectivity index (χ0v) is 9.36. The summed E-state index contributed by atoms with van der Waals surface area (Å²) in [5, 5.41) is 3.38. The van der Waals surface area contributed by atoms with Gasteiger partial charge in [-0.15, -0.1) is 0 Å². The molecular weight excluding hydrogens is 194 g/mol. The maximum atomic E-state index is 11.5. The highest BCUT2D eigenvalue weighted by Gasteiger charge is 2.40. The van der Waals surface area contributed by atoms with E-state index >= 15 is 0 Å². The standard InChI is InChI=1S/C11H19NO3/c1-14-9-5-8(6-9)12-10(7-3-4-7)11(13)15-2/h7-10,12H,3-6H2,1-2H3. The second-order valence-corrected chi connectivity index (χ2v) is 4.53. The quantitative estimate of drug-likeness (QED) is 0.683. The van der Waals surface area contributed by atoms with E-state index in [0.29, 0.717) is 18.1 Å². The van der Waals surface area contributed by atoms with Crippen molar-refractivity contribution in [1.29, 1.82) is 0 Å². The average molecular weight is 213 g/mol. The summed E-state index contributed by atoms with van der Waals surface area (Å²) in [5.74, 6) is 0.386. The lowest BCUT2D eigenvalue weighted by Gasteiger charge is -2.36. The molecule has 4 heteroatoms. The lowest BCUT2D eigenvalue weighted by Crippen LogP contribution is -2.52. The third kappa shape index (κ3) is 2.49. The molecule has 0 amide bonds. The van der Waals surface area contributed by atoms with Crippen molar-refractivity contribution in [3.63, 3.8) is 0 Å². The van der Waals surface area contributed by atoms with Gasteiger partial charge in [-0.05, 0) is 31.6 Å². The minimum atomic E-state index is -0.113. The minimum Gasteiger partial charge on any atom is -0.468 e. The van der Waals surface area contributed by atoms with E-state index in [-0.39, 0.29) is 12.0 Å². The highest BCUT2D eigenvalue weighted by molar-refractivity contribution is 5.76. The van der Waals surface area contributed by atoms with Crippen LogP contribution in [0.3, 0.4) is 0 Å². The van der Waals surface area contributed by atoms with Crippen molar-refractivity contribution in [3.05, 3.63) is 0 Å². The first kappa shape index (κ1) is 10.9. The Labute approximate surface area is 90.3 Å². The van der Waals surface area contributed by atoms with Crippen LogP contribution in [0.1, 0.15) is 25.7 Å². The van der Waals surface area contributed by atoms with Gasteiger partial charge in [-0.1, -0.05) is 0 Å². The van der Waals surface area contributed by atoms with E-state index in [4.69, 9.17) is 9.47 Å². The van der Waals surface area contributed by atoms with Crippen molar-refractivity contribution in [2.45, 2.75) is 43.9 Å². The molecular formula is C11H19NO3. The summed E-state index contributed by atoms with van der Waals surface area (Å²) in [7, 11) is 3.19. The first-order valence-electron chi connectivity index (χ1n) is 5.61. The van der Waals surface area contributed by atoms with Crippen molar-refractivity contribution >= 4 is 5.97 Å². The number of rotatable bonds is 5. The lowest BCUT2D eigenvalue weighted by molar-refractivity contribution is -0.144. The van der Waals surface area contributed by atoms with E-state index in [2.05, 4.69) is 5.32 Å². The molecule has 0 radical (unpaired) electrons. The van der Waals surface area contributed by atoms with Crippen molar-refractivity contribution in [3.8, 4) is 0 Å². The molecule has 2 aliphatic carbocycles. The van der Waals surface area contributed by atoms with Gasteiger partial charge >= 0.3 is 5.97 Å². The molecule has 0 aromatic heterocycles. The van der Waals surface area contributed by atoms with Crippen molar-refractivity contribution in [2.75, 3.05) is 14.2 Å². The van der Waals surface area contributed by atoms with Crippen molar-refractivity contribution in [2.24, 2.45) is 5.92 Å². The first-order chi connectivity index (χ1) is 7.24. The molecule has 1 N–H and O–H groups in total. The largest absolute Gasteiger partial charge is 0.468 e. The monoisotopic (exact) mass is 213 g/mol. The maximum Gasteiger partial charge on any atom is 0.323 e. The third-order valence-electron chi connectivity index (χ3n) is 3.39. The fraction of sp³-hybridized carbons (Fsp3) is 0.909. The van der Waals surface area contributed by atoms with Gasteiger partial charge in [0.25, 0.3) is 0 Å². The number of carbonyl (C=O) groups excluding carboxylic acids is 1. The Morgan fingerprint density at radius 1 is 1.33 bits per heavy atom. The topological polar surface area (TPSA) is 47.6 Å². The van der Waals surface area contributed by atoms with E-state index in [1.807, 2.05) is 0 Å². The minimum absolute atomic E-state index is 0.0854. The smallest absolute Gasteiger partial charge is 0.323 e.